The highest BCUT2D eigenvalue weighted by molar-refractivity contribution is 7.91. The van der Waals surface area contributed by atoms with Crippen LogP contribution in [0.2, 0.25) is 0 Å². The number of rotatable bonds is 9. The number of sulfone groups is 1. The SMILES string of the molecule is COCCNCC(O)CS(=O)(=O)CC(C)C. The van der Waals surface area contributed by atoms with E-state index in [1.54, 1.807) is 7.11 Å². The molecule has 2 N–H and O–H groups in total. The van der Waals surface area contributed by atoms with Crippen LogP contribution < -0.4 is 5.32 Å². The van der Waals surface area contributed by atoms with Gasteiger partial charge in [0.25, 0.3) is 0 Å². The summed E-state index contributed by atoms with van der Waals surface area (Å²) in [4.78, 5) is 0. The van der Waals surface area contributed by atoms with E-state index in [-0.39, 0.29) is 24.0 Å². The average molecular weight is 253 g/mol. The second-order valence-electron chi connectivity index (χ2n) is 4.32. The molecule has 0 aromatic heterocycles. The second kappa shape index (κ2) is 8.00. The molecule has 0 aliphatic heterocycles. The molecule has 0 saturated heterocycles. The van der Waals surface area contributed by atoms with Gasteiger partial charge in [0, 0.05) is 20.2 Å². The number of methoxy groups -OCH3 is 1. The average Bonchev–Trinajstić information content (AvgIpc) is 2.09. The molecule has 0 aliphatic carbocycles. The number of aliphatic hydroxyl groups excluding tert-OH is 1. The van der Waals surface area contributed by atoms with Crippen LogP contribution >= 0.6 is 0 Å². The van der Waals surface area contributed by atoms with E-state index in [1.807, 2.05) is 13.8 Å². The zero-order valence-corrected chi connectivity index (χ0v) is 11.1. The van der Waals surface area contributed by atoms with Crippen molar-refractivity contribution in [3.8, 4) is 0 Å². The molecule has 6 heteroatoms. The van der Waals surface area contributed by atoms with Crippen LogP contribution in [0.25, 0.3) is 0 Å². The van der Waals surface area contributed by atoms with Crippen molar-refractivity contribution < 1.29 is 18.3 Å². The minimum Gasteiger partial charge on any atom is -0.391 e. The maximum absolute atomic E-state index is 11.5. The molecule has 1 unspecified atom stereocenters. The Morgan fingerprint density at radius 2 is 1.94 bits per heavy atom. The number of nitrogens with one attached hydrogen (secondary N) is 1. The van der Waals surface area contributed by atoms with Crippen molar-refractivity contribution in [2.24, 2.45) is 5.92 Å². The molecular weight excluding hydrogens is 230 g/mol. The van der Waals surface area contributed by atoms with Crippen molar-refractivity contribution in [3.63, 3.8) is 0 Å². The topological polar surface area (TPSA) is 75.6 Å². The molecule has 16 heavy (non-hydrogen) atoms. The Labute approximate surface area is 98.1 Å². The van der Waals surface area contributed by atoms with Crippen LogP contribution in [-0.4, -0.2) is 57.9 Å². The molecule has 0 rings (SSSR count). The molecular formula is C10H23NO4S. The van der Waals surface area contributed by atoms with E-state index in [0.29, 0.717) is 13.2 Å². The van der Waals surface area contributed by atoms with Gasteiger partial charge in [-0.05, 0) is 5.92 Å². The minimum absolute atomic E-state index is 0.0960. The summed E-state index contributed by atoms with van der Waals surface area (Å²) in [5.41, 5.74) is 0. The Hall–Kier alpha value is -0.170. The van der Waals surface area contributed by atoms with Crippen LogP contribution in [0.1, 0.15) is 13.8 Å². The van der Waals surface area contributed by atoms with Crippen molar-refractivity contribution in [1.82, 2.24) is 5.32 Å². The predicted octanol–water partition coefficient (Wildman–Crippen LogP) is -0.346. The number of ether oxygens (including phenoxy) is 1. The fraction of sp³-hybridized carbons (Fsp3) is 1.00. The van der Waals surface area contributed by atoms with E-state index in [2.05, 4.69) is 5.32 Å². The number of hydrogen-bond acceptors (Lipinski definition) is 5. The lowest BCUT2D eigenvalue weighted by atomic mass is 10.3. The third kappa shape index (κ3) is 9.08. The molecule has 0 spiro atoms. The summed E-state index contributed by atoms with van der Waals surface area (Å²) in [7, 11) is -1.56. The van der Waals surface area contributed by atoms with Crippen LogP contribution in [0.15, 0.2) is 0 Å². The van der Waals surface area contributed by atoms with Crippen molar-refractivity contribution in [2.75, 3.05) is 38.3 Å². The summed E-state index contributed by atoms with van der Waals surface area (Å²) in [5, 5.41) is 12.4. The Morgan fingerprint density at radius 3 is 2.44 bits per heavy atom. The van der Waals surface area contributed by atoms with Gasteiger partial charge in [-0.3, -0.25) is 0 Å². The number of hydrogen-bond donors (Lipinski definition) is 2. The standard InChI is InChI=1S/C10H23NO4S/c1-9(2)7-16(13,14)8-10(12)6-11-4-5-15-3/h9-12H,4-8H2,1-3H3. The summed E-state index contributed by atoms with van der Waals surface area (Å²) >= 11 is 0. The quantitative estimate of drug-likeness (QED) is 0.550. The van der Waals surface area contributed by atoms with Gasteiger partial charge >= 0.3 is 0 Å². The third-order valence-electron chi connectivity index (χ3n) is 1.90. The molecule has 5 nitrogen and oxygen atoms in total. The Kier molecular flexibility index (Phi) is 7.91. The Morgan fingerprint density at radius 1 is 1.31 bits per heavy atom. The van der Waals surface area contributed by atoms with Crippen LogP contribution in [0.5, 0.6) is 0 Å². The third-order valence-corrected chi connectivity index (χ3v) is 3.96. The van der Waals surface area contributed by atoms with Gasteiger partial charge in [-0.2, -0.15) is 0 Å². The van der Waals surface area contributed by atoms with Gasteiger partial charge in [0.2, 0.25) is 0 Å². The first kappa shape index (κ1) is 15.8. The zero-order chi connectivity index (χ0) is 12.6. The molecule has 0 aromatic carbocycles. The largest absolute Gasteiger partial charge is 0.391 e. The van der Waals surface area contributed by atoms with Crippen molar-refractivity contribution >= 4 is 9.84 Å². The van der Waals surface area contributed by atoms with E-state index in [9.17, 15) is 13.5 Å². The van der Waals surface area contributed by atoms with Gasteiger partial charge < -0.3 is 15.2 Å². The first-order chi connectivity index (χ1) is 7.37. The van der Waals surface area contributed by atoms with Crippen LogP contribution in [-0.2, 0) is 14.6 Å². The van der Waals surface area contributed by atoms with Gasteiger partial charge in [-0.25, -0.2) is 8.42 Å². The number of aliphatic hydroxyl groups is 1. The molecule has 0 bridgehead atoms. The highest BCUT2D eigenvalue weighted by atomic mass is 32.2. The van der Waals surface area contributed by atoms with E-state index >= 15 is 0 Å². The summed E-state index contributed by atoms with van der Waals surface area (Å²) in [6.07, 6.45) is -0.847. The minimum atomic E-state index is -3.14. The molecule has 0 aliphatic rings. The monoisotopic (exact) mass is 253 g/mol. The molecule has 1 atom stereocenters. The lowest BCUT2D eigenvalue weighted by molar-refractivity contribution is 0.174. The highest BCUT2D eigenvalue weighted by Crippen LogP contribution is 2.02. The molecule has 0 heterocycles. The first-order valence-electron chi connectivity index (χ1n) is 5.45. The van der Waals surface area contributed by atoms with Gasteiger partial charge in [-0.15, -0.1) is 0 Å². The first-order valence-corrected chi connectivity index (χ1v) is 7.27. The van der Waals surface area contributed by atoms with Crippen LogP contribution in [0.4, 0.5) is 0 Å². The molecule has 0 radical (unpaired) electrons. The summed E-state index contributed by atoms with van der Waals surface area (Å²) in [5.74, 6) is 0.0477. The Balaban J connectivity index is 3.81. The van der Waals surface area contributed by atoms with Gasteiger partial charge in [0.05, 0.1) is 24.2 Å². The van der Waals surface area contributed by atoms with Crippen molar-refractivity contribution in [2.45, 2.75) is 20.0 Å². The van der Waals surface area contributed by atoms with E-state index in [0.717, 1.165) is 0 Å². The van der Waals surface area contributed by atoms with E-state index in [4.69, 9.17) is 4.74 Å². The molecule has 0 fully saturated rings. The van der Waals surface area contributed by atoms with Crippen LogP contribution in [0.3, 0.4) is 0 Å². The van der Waals surface area contributed by atoms with Crippen molar-refractivity contribution in [3.05, 3.63) is 0 Å². The summed E-state index contributed by atoms with van der Waals surface area (Å²) in [6, 6.07) is 0. The lowest BCUT2D eigenvalue weighted by Gasteiger charge is -2.13. The van der Waals surface area contributed by atoms with Gasteiger partial charge in [0.1, 0.15) is 0 Å². The molecule has 0 aromatic rings. The zero-order valence-electron chi connectivity index (χ0n) is 10.3. The van der Waals surface area contributed by atoms with E-state index < -0.39 is 15.9 Å². The highest BCUT2D eigenvalue weighted by Gasteiger charge is 2.18. The lowest BCUT2D eigenvalue weighted by Crippen LogP contribution is -2.35. The predicted molar refractivity (Wildman–Crippen MR) is 64.2 cm³/mol. The summed E-state index contributed by atoms with van der Waals surface area (Å²) in [6.45, 7) is 5.13. The fourth-order valence-corrected chi connectivity index (χ4v) is 3.23. The Bertz CT molecular complexity index is 264. The maximum atomic E-state index is 11.5. The van der Waals surface area contributed by atoms with Gasteiger partial charge in [-0.1, -0.05) is 13.8 Å². The molecule has 98 valence electrons. The summed E-state index contributed by atoms with van der Waals surface area (Å²) < 4.78 is 27.9. The molecule has 0 amide bonds. The van der Waals surface area contributed by atoms with E-state index in [1.165, 1.54) is 0 Å². The van der Waals surface area contributed by atoms with Crippen LogP contribution in [0, 0.1) is 5.92 Å². The molecule has 0 saturated carbocycles. The normalized spacial score (nSPS) is 14.3. The smallest absolute Gasteiger partial charge is 0.153 e. The van der Waals surface area contributed by atoms with Gasteiger partial charge in [0.15, 0.2) is 9.84 Å². The fourth-order valence-electron chi connectivity index (χ4n) is 1.37. The maximum Gasteiger partial charge on any atom is 0.153 e. The van der Waals surface area contributed by atoms with Crippen molar-refractivity contribution in [1.29, 1.82) is 0 Å². The second-order valence-corrected chi connectivity index (χ2v) is 6.48.